The number of carbonyl (C=O) groups is 1. The number of nitrogens with zero attached hydrogens (tertiary/aromatic N) is 2. The Labute approximate surface area is 116 Å². The highest BCUT2D eigenvalue weighted by Crippen LogP contribution is 2.22. The molecule has 0 bridgehead atoms. The number of carbonyl (C=O) groups excluding carboxylic acids is 1. The molecule has 0 spiro atoms. The van der Waals surface area contributed by atoms with Crippen LogP contribution in [-0.4, -0.2) is 17.0 Å². The summed E-state index contributed by atoms with van der Waals surface area (Å²) in [6.45, 7) is 0. The number of pyridine rings is 1. The molecule has 1 unspecified atom stereocenters. The van der Waals surface area contributed by atoms with Crippen molar-refractivity contribution < 1.29 is 4.79 Å². The van der Waals surface area contributed by atoms with Gasteiger partial charge in [0, 0.05) is 29.6 Å². The fourth-order valence-electron chi connectivity index (χ4n) is 2.31. The van der Waals surface area contributed by atoms with Crippen LogP contribution in [0.25, 0.3) is 0 Å². The van der Waals surface area contributed by atoms with E-state index in [0.29, 0.717) is 12.1 Å². The molecule has 3 N–H and O–H groups in total. The number of hydrogen-bond donors (Lipinski definition) is 2. The summed E-state index contributed by atoms with van der Waals surface area (Å²) in [6.07, 6.45) is 3.11. The summed E-state index contributed by atoms with van der Waals surface area (Å²) in [4.78, 5) is 15.4. The van der Waals surface area contributed by atoms with Crippen LogP contribution in [0, 0.1) is 0 Å². The number of aromatic nitrogens is 1. The average molecular weight is 266 g/mol. The van der Waals surface area contributed by atoms with Crippen molar-refractivity contribution in [2.75, 3.05) is 5.73 Å². The Morgan fingerprint density at radius 2 is 2.15 bits per heavy atom. The summed E-state index contributed by atoms with van der Waals surface area (Å²) in [6, 6.07) is 11.0. The highest BCUT2D eigenvalue weighted by molar-refractivity contribution is 6.04. The van der Waals surface area contributed by atoms with E-state index in [2.05, 4.69) is 15.5 Å². The Morgan fingerprint density at radius 1 is 1.30 bits per heavy atom. The molecule has 0 radical (unpaired) electrons. The summed E-state index contributed by atoms with van der Waals surface area (Å²) in [5.74, 6) is 0. The molecule has 2 aromatic rings. The van der Waals surface area contributed by atoms with Crippen LogP contribution >= 0.6 is 0 Å². The first-order chi connectivity index (χ1) is 9.78. The number of aldehydes is 1. The van der Waals surface area contributed by atoms with Crippen LogP contribution in [0.5, 0.6) is 0 Å². The normalized spacial score (nSPS) is 16.8. The van der Waals surface area contributed by atoms with Gasteiger partial charge in [0.25, 0.3) is 0 Å². The fourth-order valence-corrected chi connectivity index (χ4v) is 2.31. The number of hydrogen-bond acceptors (Lipinski definition) is 5. The molecule has 0 aliphatic carbocycles. The molecule has 3 rings (SSSR count). The van der Waals surface area contributed by atoms with E-state index in [4.69, 9.17) is 5.73 Å². The van der Waals surface area contributed by atoms with Crippen molar-refractivity contribution in [2.24, 2.45) is 5.10 Å². The van der Waals surface area contributed by atoms with E-state index in [1.807, 2.05) is 30.3 Å². The highest BCUT2D eigenvalue weighted by atomic mass is 16.1. The molecule has 1 aliphatic heterocycles. The SMILES string of the molecule is Nc1ccnc(CC2=NNC(C=O)c3ccccc32)c1. The lowest BCUT2D eigenvalue weighted by Crippen LogP contribution is -2.28. The van der Waals surface area contributed by atoms with Crippen molar-refractivity contribution >= 4 is 17.7 Å². The fraction of sp³-hybridized carbons (Fsp3) is 0.133. The molecular weight excluding hydrogens is 252 g/mol. The highest BCUT2D eigenvalue weighted by Gasteiger charge is 2.21. The third kappa shape index (κ3) is 2.25. The van der Waals surface area contributed by atoms with Gasteiger partial charge in [0.05, 0.1) is 5.71 Å². The van der Waals surface area contributed by atoms with E-state index >= 15 is 0 Å². The van der Waals surface area contributed by atoms with Gasteiger partial charge in [0.2, 0.25) is 0 Å². The largest absolute Gasteiger partial charge is 0.399 e. The average Bonchev–Trinajstić information content (AvgIpc) is 2.48. The summed E-state index contributed by atoms with van der Waals surface area (Å²) >= 11 is 0. The lowest BCUT2D eigenvalue weighted by molar-refractivity contribution is -0.109. The van der Waals surface area contributed by atoms with Gasteiger partial charge in [-0.15, -0.1) is 0 Å². The maximum absolute atomic E-state index is 11.1. The smallest absolute Gasteiger partial charge is 0.148 e. The first-order valence-electron chi connectivity index (χ1n) is 6.35. The quantitative estimate of drug-likeness (QED) is 0.824. The molecule has 0 saturated heterocycles. The zero-order valence-corrected chi connectivity index (χ0v) is 10.8. The number of nitrogens with one attached hydrogen (secondary N) is 1. The Morgan fingerprint density at radius 3 is 2.95 bits per heavy atom. The molecule has 1 atom stereocenters. The Bertz CT molecular complexity index is 681. The molecule has 1 aromatic heterocycles. The number of fused-ring (bicyclic) bond motifs is 1. The molecule has 5 nitrogen and oxygen atoms in total. The van der Waals surface area contributed by atoms with Crippen LogP contribution in [-0.2, 0) is 11.2 Å². The van der Waals surface area contributed by atoms with Crippen LogP contribution in [0.2, 0.25) is 0 Å². The third-order valence-electron chi connectivity index (χ3n) is 3.27. The Hall–Kier alpha value is -2.69. The van der Waals surface area contributed by atoms with Gasteiger partial charge in [-0.1, -0.05) is 24.3 Å². The van der Waals surface area contributed by atoms with Crippen LogP contribution in [0.3, 0.4) is 0 Å². The minimum atomic E-state index is -0.385. The molecular formula is C15H14N4O. The summed E-state index contributed by atoms with van der Waals surface area (Å²) < 4.78 is 0. The standard InChI is InChI=1S/C15H14N4O/c16-10-5-6-17-11(7-10)8-14-12-3-1-2-4-13(12)15(9-20)19-18-14/h1-7,9,15,19H,8H2,(H2,16,17). The molecule has 20 heavy (non-hydrogen) atoms. The number of hydrazone groups is 1. The summed E-state index contributed by atoms with van der Waals surface area (Å²) in [5, 5.41) is 4.30. The monoisotopic (exact) mass is 266 g/mol. The van der Waals surface area contributed by atoms with Crippen molar-refractivity contribution in [1.29, 1.82) is 0 Å². The minimum Gasteiger partial charge on any atom is -0.399 e. The van der Waals surface area contributed by atoms with Crippen LogP contribution < -0.4 is 11.2 Å². The first kappa shape index (κ1) is 12.3. The molecule has 0 saturated carbocycles. The van der Waals surface area contributed by atoms with E-state index < -0.39 is 0 Å². The minimum absolute atomic E-state index is 0.385. The van der Waals surface area contributed by atoms with E-state index in [0.717, 1.165) is 28.8 Å². The third-order valence-corrected chi connectivity index (χ3v) is 3.27. The van der Waals surface area contributed by atoms with Gasteiger partial charge in [-0.3, -0.25) is 10.4 Å². The molecule has 0 fully saturated rings. The zero-order chi connectivity index (χ0) is 13.9. The molecule has 100 valence electrons. The van der Waals surface area contributed by atoms with E-state index in [1.54, 1.807) is 12.3 Å². The van der Waals surface area contributed by atoms with Crippen LogP contribution in [0.1, 0.15) is 22.9 Å². The molecule has 1 aliphatic rings. The molecule has 2 heterocycles. The lowest BCUT2D eigenvalue weighted by atomic mass is 9.94. The summed E-state index contributed by atoms with van der Waals surface area (Å²) in [5.41, 5.74) is 12.9. The second kappa shape index (κ2) is 5.13. The first-order valence-corrected chi connectivity index (χ1v) is 6.35. The Balaban J connectivity index is 1.95. The van der Waals surface area contributed by atoms with E-state index in [1.165, 1.54) is 0 Å². The number of anilines is 1. The maximum Gasteiger partial charge on any atom is 0.148 e. The molecule has 0 amide bonds. The van der Waals surface area contributed by atoms with Gasteiger partial charge in [-0.25, -0.2) is 0 Å². The lowest BCUT2D eigenvalue weighted by Gasteiger charge is -2.22. The number of nitrogens with two attached hydrogens (primary N) is 1. The van der Waals surface area contributed by atoms with Crippen LogP contribution in [0.4, 0.5) is 5.69 Å². The zero-order valence-electron chi connectivity index (χ0n) is 10.8. The number of nitrogen functional groups attached to an aromatic ring is 1. The summed E-state index contributed by atoms with van der Waals surface area (Å²) in [7, 11) is 0. The van der Waals surface area contributed by atoms with E-state index in [-0.39, 0.29) is 6.04 Å². The van der Waals surface area contributed by atoms with Crippen molar-refractivity contribution in [1.82, 2.24) is 10.4 Å². The van der Waals surface area contributed by atoms with Crippen molar-refractivity contribution in [3.05, 3.63) is 59.4 Å². The number of benzene rings is 1. The van der Waals surface area contributed by atoms with E-state index in [9.17, 15) is 4.79 Å². The second-order valence-electron chi connectivity index (χ2n) is 4.65. The Kier molecular flexibility index (Phi) is 3.16. The number of rotatable bonds is 3. The topological polar surface area (TPSA) is 80.4 Å². The molecule has 5 heteroatoms. The van der Waals surface area contributed by atoms with Gasteiger partial charge >= 0.3 is 0 Å². The van der Waals surface area contributed by atoms with Crippen molar-refractivity contribution in [2.45, 2.75) is 12.5 Å². The second-order valence-corrected chi connectivity index (χ2v) is 4.65. The van der Waals surface area contributed by atoms with Gasteiger partial charge in [0.15, 0.2) is 0 Å². The van der Waals surface area contributed by atoms with Crippen molar-refractivity contribution in [3.63, 3.8) is 0 Å². The van der Waals surface area contributed by atoms with Crippen molar-refractivity contribution in [3.8, 4) is 0 Å². The van der Waals surface area contributed by atoms with Gasteiger partial charge in [0.1, 0.15) is 12.3 Å². The van der Waals surface area contributed by atoms with Gasteiger partial charge < -0.3 is 10.5 Å². The molecule has 1 aromatic carbocycles. The van der Waals surface area contributed by atoms with Crippen LogP contribution in [0.15, 0.2) is 47.7 Å². The van der Waals surface area contributed by atoms with Gasteiger partial charge in [-0.2, -0.15) is 5.10 Å². The predicted molar refractivity (Wildman–Crippen MR) is 77.3 cm³/mol. The maximum atomic E-state index is 11.1. The predicted octanol–water partition coefficient (Wildman–Crippen LogP) is 1.45. The van der Waals surface area contributed by atoms with Gasteiger partial charge in [-0.05, 0) is 17.7 Å².